The zero-order valence-corrected chi connectivity index (χ0v) is 8.95. The standard InChI is InChI=1S/C10H17NO3/c1-7(2)14-10(13)9-4-5-11(6-9)8(3)12/h7,9H,4-6H2,1-3H3. The van der Waals surface area contributed by atoms with Gasteiger partial charge in [-0.25, -0.2) is 0 Å². The molecule has 4 heteroatoms. The summed E-state index contributed by atoms with van der Waals surface area (Å²) in [6, 6.07) is 0. The van der Waals surface area contributed by atoms with Crippen LogP contribution in [0.4, 0.5) is 0 Å². The van der Waals surface area contributed by atoms with E-state index in [0.29, 0.717) is 13.1 Å². The summed E-state index contributed by atoms with van der Waals surface area (Å²) in [5, 5.41) is 0. The number of carbonyl (C=O) groups is 2. The van der Waals surface area contributed by atoms with Crippen LogP contribution in [-0.4, -0.2) is 36.0 Å². The summed E-state index contributed by atoms with van der Waals surface area (Å²) in [4.78, 5) is 24.2. The molecule has 1 heterocycles. The Balaban J connectivity index is 2.42. The third kappa shape index (κ3) is 2.72. The summed E-state index contributed by atoms with van der Waals surface area (Å²) < 4.78 is 5.09. The zero-order valence-electron chi connectivity index (χ0n) is 8.95. The van der Waals surface area contributed by atoms with Crippen LogP contribution in [0.15, 0.2) is 0 Å². The highest BCUT2D eigenvalue weighted by Crippen LogP contribution is 2.18. The number of amides is 1. The molecule has 0 aliphatic carbocycles. The molecule has 0 radical (unpaired) electrons. The molecule has 0 bridgehead atoms. The van der Waals surface area contributed by atoms with E-state index in [1.54, 1.807) is 4.90 Å². The van der Waals surface area contributed by atoms with Crippen LogP contribution in [0.25, 0.3) is 0 Å². The fourth-order valence-electron chi connectivity index (χ4n) is 1.57. The molecule has 1 aliphatic rings. The summed E-state index contributed by atoms with van der Waals surface area (Å²) in [5.74, 6) is -0.269. The molecule has 0 saturated carbocycles. The van der Waals surface area contributed by atoms with Gasteiger partial charge in [-0.3, -0.25) is 9.59 Å². The summed E-state index contributed by atoms with van der Waals surface area (Å²) in [6.45, 7) is 6.37. The van der Waals surface area contributed by atoms with Crippen LogP contribution in [0.1, 0.15) is 27.2 Å². The average molecular weight is 199 g/mol. The monoisotopic (exact) mass is 199 g/mol. The molecule has 80 valence electrons. The largest absolute Gasteiger partial charge is 0.463 e. The van der Waals surface area contributed by atoms with Crippen LogP contribution < -0.4 is 0 Å². The predicted molar refractivity (Wildman–Crippen MR) is 51.6 cm³/mol. The van der Waals surface area contributed by atoms with Crippen molar-refractivity contribution >= 4 is 11.9 Å². The lowest BCUT2D eigenvalue weighted by molar-refractivity contribution is -0.151. The molecule has 0 aromatic rings. The first-order valence-corrected chi connectivity index (χ1v) is 4.96. The van der Waals surface area contributed by atoms with E-state index in [4.69, 9.17) is 4.74 Å². The van der Waals surface area contributed by atoms with Gasteiger partial charge in [0.25, 0.3) is 0 Å². The second kappa shape index (κ2) is 4.44. The third-order valence-electron chi connectivity index (χ3n) is 2.32. The molecule has 0 N–H and O–H groups in total. The van der Waals surface area contributed by atoms with Crippen molar-refractivity contribution < 1.29 is 14.3 Å². The molecule has 0 aromatic carbocycles. The SMILES string of the molecule is CC(=O)N1CCC(C(=O)OC(C)C)C1. The minimum absolute atomic E-state index is 0.0323. The molecule has 1 amide bonds. The normalized spacial score (nSPS) is 21.4. The lowest BCUT2D eigenvalue weighted by atomic mass is 10.1. The second-order valence-electron chi connectivity index (χ2n) is 3.94. The van der Waals surface area contributed by atoms with Gasteiger partial charge in [0, 0.05) is 20.0 Å². The van der Waals surface area contributed by atoms with Crippen molar-refractivity contribution in [2.45, 2.75) is 33.3 Å². The van der Waals surface area contributed by atoms with Crippen molar-refractivity contribution in [3.63, 3.8) is 0 Å². The number of ether oxygens (including phenoxy) is 1. The van der Waals surface area contributed by atoms with E-state index in [1.165, 1.54) is 6.92 Å². The van der Waals surface area contributed by atoms with Gasteiger partial charge in [-0.2, -0.15) is 0 Å². The summed E-state index contributed by atoms with van der Waals surface area (Å²) in [5.41, 5.74) is 0. The topological polar surface area (TPSA) is 46.6 Å². The van der Waals surface area contributed by atoms with Gasteiger partial charge in [0.2, 0.25) is 5.91 Å². The minimum Gasteiger partial charge on any atom is -0.463 e. The molecular weight excluding hydrogens is 182 g/mol. The van der Waals surface area contributed by atoms with Gasteiger partial charge < -0.3 is 9.64 Å². The number of rotatable bonds is 2. The highest BCUT2D eigenvalue weighted by molar-refractivity contribution is 5.77. The Kier molecular flexibility index (Phi) is 3.49. The van der Waals surface area contributed by atoms with Crippen LogP contribution in [0.2, 0.25) is 0 Å². The van der Waals surface area contributed by atoms with Crippen molar-refractivity contribution in [1.82, 2.24) is 4.90 Å². The Hall–Kier alpha value is -1.06. The maximum absolute atomic E-state index is 11.5. The van der Waals surface area contributed by atoms with Crippen LogP contribution >= 0.6 is 0 Å². The molecule has 1 saturated heterocycles. The Bertz CT molecular complexity index is 238. The van der Waals surface area contributed by atoms with Gasteiger partial charge in [-0.1, -0.05) is 0 Å². The van der Waals surface area contributed by atoms with Gasteiger partial charge in [0.15, 0.2) is 0 Å². The van der Waals surface area contributed by atoms with E-state index >= 15 is 0 Å². The lowest BCUT2D eigenvalue weighted by Gasteiger charge is -2.14. The Morgan fingerprint density at radius 2 is 2.07 bits per heavy atom. The molecule has 4 nitrogen and oxygen atoms in total. The van der Waals surface area contributed by atoms with E-state index in [2.05, 4.69) is 0 Å². The van der Waals surface area contributed by atoms with E-state index in [-0.39, 0.29) is 23.9 Å². The maximum Gasteiger partial charge on any atom is 0.311 e. The van der Waals surface area contributed by atoms with Gasteiger partial charge in [-0.05, 0) is 20.3 Å². The average Bonchev–Trinajstić information content (AvgIpc) is 2.50. The molecule has 1 rings (SSSR count). The van der Waals surface area contributed by atoms with Crippen molar-refractivity contribution in [1.29, 1.82) is 0 Å². The molecular formula is C10H17NO3. The number of carbonyl (C=O) groups excluding carboxylic acids is 2. The molecule has 1 unspecified atom stereocenters. The molecule has 1 atom stereocenters. The highest BCUT2D eigenvalue weighted by Gasteiger charge is 2.30. The number of hydrogen-bond acceptors (Lipinski definition) is 3. The summed E-state index contributed by atoms with van der Waals surface area (Å²) in [6.07, 6.45) is 0.652. The quantitative estimate of drug-likeness (QED) is 0.618. The number of nitrogens with zero attached hydrogens (tertiary/aromatic N) is 1. The third-order valence-corrected chi connectivity index (χ3v) is 2.32. The maximum atomic E-state index is 11.5. The van der Waals surface area contributed by atoms with E-state index in [0.717, 1.165) is 6.42 Å². The van der Waals surface area contributed by atoms with Crippen LogP contribution in [0.5, 0.6) is 0 Å². The molecule has 0 aromatic heterocycles. The minimum atomic E-state index is -0.177. The fraction of sp³-hybridized carbons (Fsp3) is 0.800. The number of hydrogen-bond donors (Lipinski definition) is 0. The number of esters is 1. The van der Waals surface area contributed by atoms with Crippen LogP contribution in [0.3, 0.4) is 0 Å². The molecule has 14 heavy (non-hydrogen) atoms. The van der Waals surface area contributed by atoms with E-state index in [1.807, 2.05) is 13.8 Å². The molecule has 1 aliphatic heterocycles. The van der Waals surface area contributed by atoms with Crippen molar-refractivity contribution in [3.05, 3.63) is 0 Å². The first-order valence-electron chi connectivity index (χ1n) is 4.96. The van der Waals surface area contributed by atoms with E-state index < -0.39 is 0 Å². The van der Waals surface area contributed by atoms with Gasteiger partial charge in [-0.15, -0.1) is 0 Å². The lowest BCUT2D eigenvalue weighted by Crippen LogP contribution is -2.28. The first-order chi connectivity index (χ1) is 6.50. The van der Waals surface area contributed by atoms with Gasteiger partial charge in [0.1, 0.15) is 0 Å². The Morgan fingerprint density at radius 3 is 2.50 bits per heavy atom. The van der Waals surface area contributed by atoms with Crippen LogP contribution in [0, 0.1) is 5.92 Å². The zero-order chi connectivity index (χ0) is 10.7. The Labute approximate surface area is 84.2 Å². The van der Waals surface area contributed by atoms with Crippen molar-refractivity contribution in [3.8, 4) is 0 Å². The molecule has 0 spiro atoms. The Morgan fingerprint density at radius 1 is 1.43 bits per heavy atom. The smallest absolute Gasteiger partial charge is 0.311 e. The van der Waals surface area contributed by atoms with Gasteiger partial charge >= 0.3 is 5.97 Å². The second-order valence-corrected chi connectivity index (χ2v) is 3.94. The van der Waals surface area contributed by atoms with Crippen molar-refractivity contribution in [2.75, 3.05) is 13.1 Å². The predicted octanol–water partition coefficient (Wildman–Crippen LogP) is 0.806. The van der Waals surface area contributed by atoms with Gasteiger partial charge in [0.05, 0.1) is 12.0 Å². The fourth-order valence-corrected chi connectivity index (χ4v) is 1.57. The summed E-state index contributed by atoms with van der Waals surface area (Å²) in [7, 11) is 0. The van der Waals surface area contributed by atoms with E-state index in [9.17, 15) is 9.59 Å². The number of likely N-dealkylation sites (tertiary alicyclic amines) is 1. The summed E-state index contributed by atoms with van der Waals surface area (Å²) >= 11 is 0. The van der Waals surface area contributed by atoms with Crippen LogP contribution in [-0.2, 0) is 14.3 Å². The van der Waals surface area contributed by atoms with Crippen molar-refractivity contribution in [2.24, 2.45) is 5.92 Å². The first kappa shape index (κ1) is 11.0. The molecule has 1 fully saturated rings. The highest BCUT2D eigenvalue weighted by atomic mass is 16.5.